The lowest BCUT2D eigenvalue weighted by atomic mass is 9.91. The average molecular weight is 1260 g/mol. The number of carbonyl (C=O) groups is 11. The lowest BCUT2D eigenvalue weighted by Gasteiger charge is -2.41. The van der Waals surface area contributed by atoms with Crippen molar-refractivity contribution in [3.63, 3.8) is 0 Å². The monoisotopic (exact) mass is 1260 g/mol. The van der Waals surface area contributed by atoms with Crippen LogP contribution in [0.5, 0.6) is 0 Å². The molecule has 0 aromatic carbocycles. The Morgan fingerprint density at radius 2 is 0.944 bits per heavy atom. The van der Waals surface area contributed by atoms with Gasteiger partial charge in [0.15, 0.2) is 0 Å². The molecule has 1 aliphatic rings. The summed E-state index contributed by atoms with van der Waals surface area (Å²) in [6, 6.07) is -14.7. The number of ether oxygens (including phenoxy) is 1. The Kier molecular flexibility index (Phi) is 33.8. The predicted molar refractivity (Wildman–Crippen MR) is 341 cm³/mol. The number of hydrogen-bond donors (Lipinski definition) is 6. The highest BCUT2D eigenvalue weighted by Gasteiger charge is 2.47. The molecule has 1 saturated heterocycles. The number of nitrogens with zero attached hydrogens (tertiary/aromatic N) is 7. The van der Waals surface area contributed by atoms with Gasteiger partial charge in [0.25, 0.3) is 0 Å². The third-order valence-electron chi connectivity index (χ3n) is 17.1. The van der Waals surface area contributed by atoms with Gasteiger partial charge in [0.2, 0.25) is 65.0 Å². The second kappa shape index (κ2) is 37.2. The number of aliphatic hydroxyl groups is 2. The van der Waals surface area contributed by atoms with E-state index in [-0.39, 0.29) is 56.5 Å². The Morgan fingerprint density at radius 3 is 1.40 bits per heavy atom. The number of likely N-dealkylation sites (N-methyl/N-ethyl adjacent to an activating group) is 7. The first-order valence-corrected chi connectivity index (χ1v) is 31.7. The molecule has 1 rings (SSSR count). The fourth-order valence-electron chi connectivity index (χ4n) is 11.4. The number of aliphatic hydroxyl groups excluding tert-OH is 2. The standard InChI is InChI=1S/C64H115N11O14/c1-25-27-28-40(13)53(77)52-57(81)67-44(26-2)59(83)72(20)48(33-76)62(86)74(22)51(41(14)34-89-24)56(80)68-49(38(9)10)63(87)69(17)45(30-29-35(3)4)55(79)65-42(15)54(78)66-43(16)58(82)70(18)46(31-36(5)6)60(84)71(19)47(32-37(7)8)61(85)73(21)50(39(11)12)64(88)75(52)23/h25,27,35-53,76-77H,26,28-34H2,1-24H3,(H,65,79)(H,66,78)(H,67,81)(H,68,80)/b27-25+/t40-,41?,42+,43-,44+,45+,46+,47+,48-,49+,50+,51+,52+,53-/m1/s1. The summed E-state index contributed by atoms with van der Waals surface area (Å²) in [5, 5.41) is 34.0. The van der Waals surface area contributed by atoms with Crippen molar-refractivity contribution in [1.82, 2.24) is 55.6 Å². The van der Waals surface area contributed by atoms with Gasteiger partial charge < -0.3 is 70.5 Å². The van der Waals surface area contributed by atoms with Gasteiger partial charge >= 0.3 is 0 Å². The molecule has 89 heavy (non-hydrogen) atoms. The van der Waals surface area contributed by atoms with E-state index in [1.54, 1.807) is 67.5 Å². The number of rotatable bonds is 18. The Hall–Kier alpha value is -6.21. The van der Waals surface area contributed by atoms with Crippen molar-refractivity contribution >= 4 is 65.0 Å². The Labute approximate surface area is 531 Å². The molecule has 1 heterocycles. The van der Waals surface area contributed by atoms with E-state index in [0.29, 0.717) is 6.42 Å². The number of hydrogen-bond acceptors (Lipinski definition) is 14. The summed E-state index contributed by atoms with van der Waals surface area (Å²) >= 11 is 0. The minimum absolute atomic E-state index is 0.0681. The maximum atomic E-state index is 15.2. The number of methoxy groups -OCH3 is 1. The molecule has 25 heteroatoms. The minimum atomic E-state index is -1.68. The van der Waals surface area contributed by atoms with Crippen LogP contribution in [0.25, 0.3) is 0 Å². The first kappa shape index (κ1) is 80.8. The normalized spacial score (nSPS) is 27.4. The molecule has 1 fully saturated rings. The number of carbonyl (C=O) groups excluding carboxylic acids is 11. The molecule has 0 saturated carbocycles. The first-order chi connectivity index (χ1) is 41.2. The highest BCUT2D eigenvalue weighted by atomic mass is 16.5. The van der Waals surface area contributed by atoms with Crippen molar-refractivity contribution in [3.8, 4) is 0 Å². The largest absolute Gasteiger partial charge is 0.394 e. The number of amides is 11. The zero-order valence-corrected chi connectivity index (χ0v) is 58.2. The molecule has 0 spiro atoms. The molecule has 11 amide bonds. The van der Waals surface area contributed by atoms with Crippen LogP contribution in [0.2, 0.25) is 0 Å². The maximum Gasteiger partial charge on any atom is 0.248 e. The van der Waals surface area contributed by atoms with E-state index in [2.05, 4.69) is 21.3 Å². The van der Waals surface area contributed by atoms with Gasteiger partial charge in [0, 0.05) is 62.4 Å². The van der Waals surface area contributed by atoms with Crippen molar-refractivity contribution in [2.24, 2.45) is 41.4 Å². The molecule has 0 aromatic heterocycles. The third-order valence-corrected chi connectivity index (χ3v) is 17.1. The molecular formula is C64H115N11O14. The summed E-state index contributed by atoms with van der Waals surface area (Å²) in [7, 11) is 11.0. The minimum Gasteiger partial charge on any atom is -0.394 e. The van der Waals surface area contributed by atoms with Crippen LogP contribution >= 0.6 is 0 Å². The molecule has 6 N–H and O–H groups in total. The van der Waals surface area contributed by atoms with E-state index in [1.165, 1.54) is 89.9 Å². The van der Waals surface area contributed by atoms with Gasteiger partial charge in [-0.2, -0.15) is 0 Å². The van der Waals surface area contributed by atoms with Gasteiger partial charge in [-0.1, -0.05) is 102 Å². The van der Waals surface area contributed by atoms with Crippen molar-refractivity contribution in [3.05, 3.63) is 12.2 Å². The topological polar surface area (TPSA) is 308 Å². The van der Waals surface area contributed by atoms with Gasteiger partial charge in [-0.15, -0.1) is 0 Å². The van der Waals surface area contributed by atoms with Crippen LogP contribution in [0, 0.1) is 41.4 Å². The van der Waals surface area contributed by atoms with Crippen LogP contribution in [-0.2, 0) is 57.5 Å². The van der Waals surface area contributed by atoms with Gasteiger partial charge in [-0.3, -0.25) is 52.7 Å². The van der Waals surface area contributed by atoms with E-state index in [0.717, 1.165) is 14.7 Å². The fourth-order valence-corrected chi connectivity index (χ4v) is 11.4. The molecule has 0 radical (unpaired) electrons. The quantitative estimate of drug-likeness (QED) is 0.107. The van der Waals surface area contributed by atoms with E-state index in [4.69, 9.17) is 4.74 Å². The van der Waals surface area contributed by atoms with Crippen molar-refractivity contribution in [1.29, 1.82) is 0 Å². The lowest BCUT2D eigenvalue weighted by Crippen LogP contribution is -2.64. The van der Waals surface area contributed by atoms with Crippen LogP contribution in [0.1, 0.15) is 149 Å². The Morgan fingerprint density at radius 1 is 0.494 bits per heavy atom. The average Bonchev–Trinajstić information content (AvgIpc) is 1.71. The van der Waals surface area contributed by atoms with Crippen LogP contribution in [-0.4, -0.2) is 252 Å². The number of allylic oxidation sites excluding steroid dienone is 2. The van der Waals surface area contributed by atoms with Crippen molar-refractivity contribution in [2.45, 2.75) is 222 Å². The zero-order valence-electron chi connectivity index (χ0n) is 58.2. The summed E-state index contributed by atoms with van der Waals surface area (Å²) in [6.07, 6.45) is 3.06. The second-order valence-electron chi connectivity index (χ2n) is 26.6. The smallest absolute Gasteiger partial charge is 0.248 e. The summed E-state index contributed by atoms with van der Waals surface area (Å²) < 4.78 is 5.44. The zero-order chi connectivity index (χ0) is 69.0. The van der Waals surface area contributed by atoms with Gasteiger partial charge in [-0.25, -0.2) is 0 Å². The van der Waals surface area contributed by atoms with Gasteiger partial charge in [0.05, 0.1) is 19.3 Å². The van der Waals surface area contributed by atoms with Crippen molar-refractivity contribution in [2.75, 3.05) is 69.7 Å². The van der Waals surface area contributed by atoms with Gasteiger partial charge in [-0.05, 0) is 94.8 Å². The van der Waals surface area contributed by atoms with Crippen LogP contribution < -0.4 is 21.3 Å². The van der Waals surface area contributed by atoms with Crippen LogP contribution in [0.3, 0.4) is 0 Å². The molecule has 0 aliphatic carbocycles. The lowest BCUT2D eigenvalue weighted by molar-refractivity contribution is -0.157. The van der Waals surface area contributed by atoms with E-state index >= 15 is 14.4 Å². The van der Waals surface area contributed by atoms with E-state index in [1.807, 2.05) is 41.5 Å². The fraction of sp³-hybridized carbons (Fsp3) is 0.797. The molecule has 1 aliphatic heterocycles. The van der Waals surface area contributed by atoms with Crippen LogP contribution in [0.15, 0.2) is 12.2 Å². The first-order valence-electron chi connectivity index (χ1n) is 31.7. The molecule has 0 bridgehead atoms. The summed E-state index contributed by atoms with van der Waals surface area (Å²) in [4.78, 5) is 170. The summed E-state index contributed by atoms with van der Waals surface area (Å²) in [5.41, 5.74) is 0. The highest BCUT2D eigenvalue weighted by molar-refractivity contribution is 6.00. The van der Waals surface area contributed by atoms with E-state index < -0.39 is 168 Å². The molecule has 0 aromatic rings. The summed E-state index contributed by atoms with van der Waals surface area (Å²) in [5.74, 6) is -11.2. The van der Waals surface area contributed by atoms with Crippen LogP contribution in [0.4, 0.5) is 0 Å². The van der Waals surface area contributed by atoms with E-state index in [9.17, 15) is 48.6 Å². The third kappa shape index (κ3) is 22.0. The molecule has 1 unspecified atom stereocenters. The van der Waals surface area contributed by atoms with Gasteiger partial charge in [0.1, 0.15) is 66.5 Å². The Bertz CT molecular complexity index is 2420. The maximum absolute atomic E-state index is 15.2. The molecule has 14 atom stereocenters. The highest BCUT2D eigenvalue weighted by Crippen LogP contribution is 2.26. The predicted octanol–water partition coefficient (Wildman–Crippen LogP) is 2.26. The molecule has 25 nitrogen and oxygen atoms in total. The van der Waals surface area contributed by atoms with Crippen molar-refractivity contribution < 1.29 is 67.7 Å². The molecule has 510 valence electrons. The molecular weight excluding hydrogens is 1150 g/mol. The summed E-state index contributed by atoms with van der Waals surface area (Å²) in [6.45, 7) is 26.6. The Balaban J connectivity index is 4.46. The second-order valence-corrected chi connectivity index (χ2v) is 26.6. The SMILES string of the molecule is C/C=C/C[C@@H](C)[C@@H](O)[C@H]1C(=O)N[C@@H](CC)C(=O)N(C)[C@H](CO)C(=O)N(C)[C@@H](C(C)COC)C(=O)N[C@@H](C(C)C)C(=O)N(C)[C@@H](CCC(C)C)C(=O)N[C@@H](C)C(=O)N[C@H](C)C(=O)N(C)[C@@H](CC(C)C)C(=O)N(C)[C@@H](CC(C)C)C(=O)N(C)[C@@H](C(C)C)C(=O)N1C. The number of nitrogens with one attached hydrogen (secondary N) is 4.